The third kappa shape index (κ3) is 4.02. The van der Waals surface area contributed by atoms with Crippen molar-refractivity contribution in [2.75, 3.05) is 12.8 Å². The van der Waals surface area contributed by atoms with Gasteiger partial charge in [0, 0.05) is 18.0 Å². The summed E-state index contributed by atoms with van der Waals surface area (Å²) in [5.41, 5.74) is 2.54. The van der Waals surface area contributed by atoms with Crippen LogP contribution in [0.2, 0.25) is 0 Å². The largest absolute Gasteiger partial charge is 0.342 e. The molecule has 1 amide bonds. The number of hydrogen-bond donors (Lipinski definition) is 0. The summed E-state index contributed by atoms with van der Waals surface area (Å²) >= 11 is 1.66. The summed E-state index contributed by atoms with van der Waals surface area (Å²) < 4.78 is 0. The van der Waals surface area contributed by atoms with Gasteiger partial charge in [-0.25, -0.2) is 0 Å². The van der Waals surface area contributed by atoms with E-state index in [0.717, 1.165) is 0 Å². The average Bonchev–Trinajstić information content (AvgIpc) is 2.46. The second-order valence-electron chi connectivity index (χ2n) is 5.85. The highest BCUT2D eigenvalue weighted by molar-refractivity contribution is 8.00. The van der Waals surface area contributed by atoms with Gasteiger partial charge in [0.1, 0.15) is 0 Å². The molecule has 1 saturated carbocycles. The first kappa shape index (κ1) is 15.4. The van der Waals surface area contributed by atoms with Gasteiger partial charge in [-0.15, -0.1) is 11.8 Å². The maximum atomic E-state index is 12.3. The lowest BCUT2D eigenvalue weighted by Crippen LogP contribution is -2.39. The Morgan fingerprint density at radius 3 is 2.60 bits per heavy atom. The third-order valence-corrected chi connectivity index (χ3v) is 5.36. The lowest BCUT2D eigenvalue weighted by Gasteiger charge is -2.31. The standard InChI is InChI=1S/C17H25NOS/c1-13-9-10-16(14(2)11-13)20-12-17(19)18(3)15-7-5-4-6-8-15/h9-11,15H,4-8,12H2,1-3H3. The Labute approximate surface area is 126 Å². The second-order valence-corrected chi connectivity index (χ2v) is 6.87. The highest BCUT2D eigenvalue weighted by Crippen LogP contribution is 2.25. The monoisotopic (exact) mass is 291 g/mol. The number of aryl methyl sites for hydroxylation is 2. The summed E-state index contributed by atoms with van der Waals surface area (Å²) in [5.74, 6) is 0.818. The highest BCUT2D eigenvalue weighted by Gasteiger charge is 2.21. The van der Waals surface area contributed by atoms with Crippen LogP contribution < -0.4 is 0 Å². The van der Waals surface area contributed by atoms with Crippen molar-refractivity contribution in [3.63, 3.8) is 0 Å². The Morgan fingerprint density at radius 1 is 1.25 bits per heavy atom. The first-order valence-electron chi connectivity index (χ1n) is 7.53. The van der Waals surface area contributed by atoms with E-state index < -0.39 is 0 Å². The minimum atomic E-state index is 0.266. The molecule has 3 heteroatoms. The van der Waals surface area contributed by atoms with Gasteiger partial charge in [-0.2, -0.15) is 0 Å². The number of benzene rings is 1. The van der Waals surface area contributed by atoms with Crippen LogP contribution in [0.1, 0.15) is 43.2 Å². The van der Waals surface area contributed by atoms with Crippen molar-refractivity contribution < 1.29 is 4.79 Å². The molecule has 0 spiro atoms. The maximum Gasteiger partial charge on any atom is 0.232 e. The van der Waals surface area contributed by atoms with Crippen LogP contribution in [-0.4, -0.2) is 29.6 Å². The molecular formula is C17H25NOS. The fourth-order valence-electron chi connectivity index (χ4n) is 2.87. The number of amides is 1. The Bertz CT molecular complexity index is 466. The van der Waals surface area contributed by atoms with Gasteiger partial charge in [-0.3, -0.25) is 4.79 Å². The minimum absolute atomic E-state index is 0.266. The minimum Gasteiger partial charge on any atom is -0.342 e. The molecule has 0 radical (unpaired) electrons. The van der Waals surface area contributed by atoms with E-state index in [2.05, 4.69) is 32.0 Å². The first-order chi connectivity index (χ1) is 9.58. The van der Waals surface area contributed by atoms with Gasteiger partial charge < -0.3 is 4.90 Å². The van der Waals surface area contributed by atoms with Crippen molar-refractivity contribution in [3.8, 4) is 0 Å². The molecule has 1 fully saturated rings. The normalized spacial score (nSPS) is 16.1. The number of carbonyl (C=O) groups excluding carboxylic acids is 1. The second kappa shape index (κ2) is 7.16. The summed E-state index contributed by atoms with van der Waals surface area (Å²) in [4.78, 5) is 15.5. The van der Waals surface area contributed by atoms with E-state index in [1.807, 2.05) is 11.9 Å². The molecule has 0 N–H and O–H groups in total. The van der Waals surface area contributed by atoms with Gasteiger partial charge in [0.2, 0.25) is 5.91 Å². The molecule has 20 heavy (non-hydrogen) atoms. The molecular weight excluding hydrogens is 266 g/mol. The molecule has 0 saturated heterocycles. The van der Waals surface area contributed by atoms with Crippen LogP contribution >= 0.6 is 11.8 Å². The number of nitrogens with zero attached hydrogens (tertiary/aromatic N) is 1. The maximum absolute atomic E-state index is 12.3. The van der Waals surface area contributed by atoms with E-state index in [1.165, 1.54) is 48.1 Å². The Kier molecular flexibility index (Phi) is 5.53. The van der Waals surface area contributed by atoms with Crippen molar-refractivity contribution in [3.05, 3.63) is 29.3 Å². The van der Waals surface area contributed by atoms with Gasteiger partial charge >= 0.3 is 0 Å². The summed E-state index contributed by atoms with van der Waals surface area (Å²) in [6, 6.07) is 6.89. The Morgan fingerprint density at radius 2 is 1.95 bits per heavy atom. The van der Waals surface area contributed by atoms with Crippen LogP contribution in [0.25, 0.3) is 0 Å². The van der Waals surface area contributed by atoms with Crippen LogP contribution in [0, 0.1) is 13.8 Å². The number of hydrogen-bond acceptors (Lipinski definition) is 2. The average molecular weight is 291 g/mol. The first-order valence-corrected chi connectivity index (χ1v) is 8.52. The van der Waals surface area contributed by atoms with E-state index in [-0.39, 0.29) is 5.91 Å². The summed E-state index contributed by atoms with van der Waals surface area (Å²) in [6.45, 7) is 4.22. The van der Waals surface area contributed by atoms with Gasteiger partial charge in [0.15, 0.2) is 0 Å². The van der Waals surface area contributed by atoms with Crippen LogP contribution in [0.4, 0.5) is 0 Å². The van der Waals surface area contributed by atoms with Gasteiger partial charge in [0.05, 0.1) is 5.75 Å². The molecule has 2 rings (SSSR count). The zero-order valence-corrected chi connectivity index (χ0v) is 13.6. The Balaban J connectivity index is 1.87. The molecule has 0 heterocycles. The molecule has 1 aliphatic rings. The van der Waals surface area contributed by atoms with Crippen molar-refractivity contribution in [2.45, 2.75) is 56.9 Å². The van der Waals surface area contributed by atoms with Crippen molar-refractivity contribution >= 4 is 17.7 Å². The van der Waals surface area contributed by atoms with Crippen LogP contribution in [0.5, 0.6) is 0 Å². The summed E-state index contributed by atoms with van der Waals surface area (Å²) in [5, 5.41) is 0. The quantitative estimate of drug-likeness (QED) is 0.775. The van der Waals surface area contributed by atoms with Crippen molar-refractivity contribution in [2.24, 2.45) is 0 Å². The van der Waals surface area contributed by atoms with Gasteiger partial charge in [-0.05, 0) is 38.3 Å². The number of thioether (sulfide) groups is 1. The molecule has 1 aromatic rings. The topological polar surface area (TPSA) is 20.3 Å². The number of rotatable bonds is 4. The van der Waals surface area contributed by atoms with Crippen LogP contribution in [-0.2, 0) is 4.79 Å². The third-order valence-electron chi connectivity index (χ3n) is 4.20. The molecule has 0 atom stereocenters. The predicted molar refractivity (Wildman–Crippen MR) is 86.3 cm³/mol. The zero-order chi connectivity index (χ0) is 14.5. The van der Waals surface area contributed by atoms with Crippen LogP contribution in [0.15, 0.2) is 23.1 Å². The summed E-state index contributed by atoms with van der Waals surface area (Å²) in [6.07, 6.45) is 6.22. The van der Waals surface area contributed by atoms with E-state index in [4.69, 9.17) is 0 Å². The van der Waals surface area contributed by atoms with E-state index in [0.29, 0.717) is 11.8 Å². The molecule has 0 unspecified atom stereocenters. The molecule has 1 aliphatic carbocycles. The number of carbonyl (C=O) groups is 1. The smallest absolute Gasteiger partial charge is 0.232 e. The van der Waals surface area contributed by atoms with E-state index in [9.17, 15) is 4.79 Å². The van der Waals surface area contributed by atoms with Crippen LogP contribution in [0.3, 0.4) is 0 Å². The van der Waals surface area contributed by atoms with Crippen molar-refractivity contribution in [1.82, 2.24) is 4.90 Å². The van der Waals surface area contributed by atoms with Gasteiger partial charge in [-0.1, -0.05) is 37.0 Å². The zero-order valence-electron chi connectivity index (χ0n) is 12.8. The lowest BCUT2D eigenvalue weighted by molar-refractivity contribution is -0.129. The van der Waals surface area contributed by atoms with E-state index in [1.54, 1.807) is 11.8 Å². The molecule has 2 nitrogen and oxygen atoms in total. The summed E-state index contributed by atoms with van der Waals surface area (Å²) in [7, 11) is 1.97. The molecule has 110 valence electrons. The molecule has 0 aromatic heterocycles. The predicted octanol–water partition coefficient (Wildman–Crippen LogP) is 4.19. The van der Waals surface area contributed by atoms with E-state index >= 15 is 0 Å². The van der Waals surface area contributed by atoms with Gasteiger partial charge in [0.25, 0.3) is 0 Å². The molecule has 1 aromatic carbocycles. The Hall–Kier alpha value is -0.960. The SMILES string of the molecule is Cc1ccc(SCC(=O)N(C)C2CCCCC2)c(C)c1. The fraction of sp³-hybridized carbons (Fsp3) is 0.588. The highest BCUT2D eigenvalue weighted by atomic mass is 32.2. The molecule has 0 bridgehead atoms. The fourth-order valence-corrected chi connectivity index (χ4v) is 3.81. The lowest BCUT2D eigenvalue weighted by atomic mass is 9.94. The van der Waals surface area contributed by atoms with Crippen molar-refractivity contribution in [1.29, 1.82) is 0 Å². The molecule has 0 aliphatic heterocycles.